The third kappa shape index (κ3) is 5.90. The molecule has 0 spiro atoms. The molecule has 13 heteroatoms. The lowest BCUT2D eigenvalue weighted by molar-refractivity contribution is -0.137. The smallest absolute Gasteiger partial charge is 0.361 e. The Balaban J connectivity index is 1.72. The Morgan fingerprint density at radius 1 is 1.18 bits per heavy atom. The molecule has 0 saturated heterocycles. The largest absolute Gasteiger partial charge is 0.417 e. The van der Waals surface area contributed by atoms with Gasteiger partial charge in [-0.3, -0.25) is 9.36 Å². The van der Waals surface area contributed by atoms with Crippen molar-refractivity contribution >= 4 is 45.8 Å². The Kier molecular flexibility index (Phi) is 8.22. The lowest BCUT2D eigenvalue weighted by Crippen LogP contribution is -2.37. The first-order chi connectivity index (χ1) is 21.0. The van der Waals surface area contributed by atoms with Gasteiger partial charge >= 0.3 is 6.18 Å². The average Bonchev–Trinajstić information content (AvgIpc) is 3.57. The summed E-state index contributed by atoms with van der Waals surface area (Å²) in [5.41, 5.74) is -0.960. The Morgan fingerprint density at radius 3 is 2.53 bits per heavy atom. The maximum absolute atomic E-state index is 14.6. The second-order valence-electron chi connectivity index (χ2n) is 12.7. The number of hydrogen-bond donors (Lipinski definition) is 0. The lowest BCUT2D eigenvalue weighted by atomic mass is 9.95. The van der Waals surface area contributed by atoms with Gasteiger partial charge in [-0.05, 0) is 62.2 Å². The lowest BCUT2D eigenvalue weighted by Gasteiger charge is -2.27. The van der Waals surface area contributed by atoms with E-state index in [0.29, 0.717) is 12.1 Å². The fraction of sp³-hybridized carbons (Fsp3) is 0.344. The van der Waals surface area contributed by atoms with Crippen LogP contribution in [0.1, 0.15) is 46.2 Å². The van der Waals surface area contributed by atoms with E-state index >= 15 is 0 Å². The number of carbonyl (C=O) groups is 1. The molecule has 2 aromatic carbocycles. The number of allylic oxidation sites excluding steroid dienone is 3. The van der Waals surface area contributed by atoms with Crippen molar-refractivity contribution < 1.29 is 31.1 Å². The molecule has 8 nitrogen and oxygen atoms in total. The van der Waals surface area contributed by atoms with Gasteiger partial charge in [0.05, 0.1) is 33.7 Å². The summed E-state index contributed by atoms with van der Waals surface area (Å²) in [6, 6.07) is 9.43. The Labute approximate surface area is 260 Å². The summed E-state index contributed by atoms with van der Waals surface area (Å²) < 4.78 is 78.6. The monoisotopic (exact) mass is 654 g/mol. The van der Waals surface area contributed by atoms with Gasteiger partial charge in [0.2, 0.25) is 15.8 Å². The van der Waals surface area contributed by atoms with Crippen molar-refractivity contribution in [2.75, 3.05) is 6.61 Å². The van der Waals surface area contributed by atoms with Crippen molar-refractivity contribution in [2.45, 2.75) is 63.6 Å². The molecule has 0 fully saturated rings. The quantitative estimate of drug-likeness (QED) is 0.107. The van der Waals surface area contributed by atoms with E-state index in [9.17, 15) is 31.6 Å². The normalized spacial score (nSPS) is 17.3. The molecule has 0 amide bonds. The van der Waals surface area contributed by atoms with E-state index in [4.69, 9.17) is 4.74 Å². The molecule has 45 heavy (non-hydrogen) atoms. The van der Waals surface area contributed by atoms with Gasteiger partial charge in [0.1, 0.15) is 11.5 Å². The molecule has 0 N–H and O–H groups in total. The number of aryl methyl sites for hydroxylation is 1. The first-order valence-electron chi connectivity index (χ1n) is 14.3. The summed E-state index contributed by atoms with van der Waals surface area (Å²) in [6.45, 7) is 9.69. The molecule has 1 aliphatic carbocycles. The van der Waals surface area contributed by atoms with Crippen LogP contribution >= 0.6 is 0 Å². The van der Waals surface area contributed by atoms with Crippen LogP contribution in [0.3, 0.4) is 0 Å². The van der Waals surface area contributed by atoms with E-state index in [1.165, 1.54) is 35.9 Å². The molecule has 5 rings (SSSR count). The zero-order valence-electron chi connectivity index (χ0n) is 25.6. The van der Waals surface area contributed by atoms with Crippen LogP contribution in [0.4, 0.5) is 13.2 Å². The number of nitrogens with zero attached hydrogens (tertiary/aromatic N) is 4. The van der Waals surface area contributed by atoms with E-state index < -0.39 is 45.9 Å². The number of benzene rings is 2. The molecule has 2 aromatic heterocycles. The molecule has 1 atom stereocenters. The Bertz CT molecular complexity index is 2050. The summed E-state index contributed by atoms with van der Waals surface area (Å²) in [6.07, 6.45) is 3.02. The summed E-state index contributed by atoms with van der Waals surface area (Å²) in [5, 5.41) is 9.24. The van der Waals surface area contributed by atoms with Crippen LogP contribution in [0.15, 0.2) is 60.8 Å². The van der Waals surface area contributed by atoms with Crippen LogP contribution in [0, 0.1) is 18.3 Å². The molecule has 0 bridgehead atoms. The van der Waals surface area contributed by atoms with E-state index in [0.717, 1.165) is 16.1 Å². The number of aromatic nitrogens is 3. The highest BCUT2D eigenvalue weighted by molar-refractivity contribution is 7.91. The van der Waals surface area contributed by atoms with Gasteiger partial charge in [0.25, 0.3) is 0 Å². The van der Waals surface area contributed by atoms with E-state index in [1.807, 2.05) is 6.07 Å². The standard InChI is InChI=1S/C32H33F3N4O4SSi/c1-21-17-24(32(33,34)35)27(23-11-14-39(28(21)23)44(41,42)31(2)12-7-6-8-13-31)29(40)30-37-25-18-22(19-36)9-10-26(25)38(30)20-43-15-16-45(3,4)5/h6-12,14,17-18H,13,15-16,20H2,1-5H3. The number of imidazole rings is 1. The maximum atomic E-state index is 14.6. The maximum Gasteiger partial charge on any atom is 0.417 e. The molecule has 2 heterocycles. The molecular weight excluding hydrogens is 622 g/mol. The minimum Gasteiger partial charge on any atom is -0.361 e. The molecular formula is C32H33F3N4O4SSi. The first kappa shape index (κ1) is 32.4. The number of alkyl halides is 3. The minimum atomic E-state index is -4.94. The average molecular weight is 655 g/mol. The zero-order valence-corrected chi connectivity index (χ0v) is 27.4. The molecule has 0 radical (unpaired) electrons. The summed E-state index contributed by atoms with van der Waals surface area (Å²) in [5.74, 6) is -1.36. The van der Waals surface area contributed by atoms with Gasteiger partial charge in [-0.15, -0.1) is 0 Å². The van der Waals surface area contributed by atoms with Gasteiger partial charge in [-0.2, -0.15) is 18.4 Å². The van der Waals surface area contributed by atoms with Crippen LogP contribution < -0.4 is 0 Å². The van der Waals surface area contributed by atoms with Gasteiger partial charge in [-0.1, -0.05) is 43.9 Å². The van der Waals surface area contributed by atoms with Crippen molar-refractivity contribution in [3.05, 3.63) is 88.9 Å². The van der Waals surface area contributed by atoms with Crippen LogP contribution in [0.2, 0.25) is 25.7 Å². The van der Waals surface area contributed by atoms with Crippen LogP contribution in [0.5, 0.6) is 0 Å². The first-order valence-corrected chi connectivity index (χ1v) is 19.5. The fourth-order valence-corrected chi connectivity index (χ4v) is 7.91. The third-order valence-electron chi connectivity index (χ3n) is 8.02. The second kappa shape index (κ2) is 11.4. The predicted molar refractivity (Wildman–Crippen MR) is 169 cm³/mol. The van der Waals surface area contributed by atoms with Crippen molar-refractivity contribution in [1.82, 2.24) is 13.5 Å². The highest BCUT2D eigenvalue weighted by Gasteiger charge is 2.42. The van der Waals surface area contributed by atoms with Crippen molar-refractivity contribution in [2.24, 2.45) is 0 Å². The molecule has 1 aliphatic rings. The summed E-state index contributed by atoms with van der Waals surface area (Å²) in [4.78, 5) is 18.7. The molecule has 0 saturated carbocycles. The van der Waals surface area contributed by atoms with Crippen molar-refractivity contribution in [1.29, 1.82) is 5.26 Å². The number of rotatable bonds is 9. The predicted octanol–water partition coefficient (Wildman–Crippen LogP) is 7.19. The van der Waals surface area contributed by atoms with Gasteiger partial charge in [0, 0.05) is 31.8 Å². The van der Waals surface area contributed by atoms with E-state index in [1.54, 1.807) is 37.3 Å². The number of ketones is 1. The SMILES string of the molecule is Cc1cc(C(F)(F)F)c(C(=O)c2nc3cc(C#N)ccc3n2COCC[Si](C)(C)C)c2ccn(S(=O)(=O)C3(C)C=CC=CC3)c12. The summed E-state index contributed by atoms with van der Waals surface area (Å²) >= 11 is 0. The second-order valence-corrected chi connectivity index (χ2v) is 20.6. The highest BCUT2D eigenvalue weighted by atomic mass is 32.2. The van der Waals surface area contributed by atoms with Gasteiger partial charge < -0.3 is 4.74 Å². The Morgan fingerprint density at radius 2 is 1.91 bits per heavy atom. The van der Waals surface area contributed by atoms with Crippen LogP contribution in [-0.4, -0.2) is 47.2 Å². The summed E-state index contributed by atoms with van der Waals surface area (Å²) in [7, 11) is -5.63. The van der Waals surface area contributed by atoms with Gasteiger partial charge in [-0.25, -0.2) is 17.4 Å². The zero-order chi connectivity index (χ0) is 32.9. The number of fused-ring (bicyclic) bond motifs is 2. The van der Waals surface area contributed by atoms with Gasteiger partial charge in [0.15, 0.2) is 5.82 Å². The topological polar surface area (TPSA) is 107 Å². The number of hydrogen-bond acceptors (Lipinski definition) is 6. The molecule has 4 aromatic rings. The van der Waals surface area contributed by atoms with E-state index in [-0.39, 0.29) is 46.5 Å². The van der Waals surface area contributed by atoms with E-state index in [2.05, 4.69) is 24.6 Å². The van der Waals surface area contributed by atoms with Crippen LogP contribution in [-0.2, 0) is 27.7 Å². The number of nitriles is 1. The third-order valence-corrected chi connectivity index (χ3v) is 12.0. The molecule has 236 valence electrons. The Hall–Kier alpha value is -3.99. The fourth-order valence-electron chi connectivity index (χ4n) is 5.45. The number of halogens is 3. The number of carbonyl (C=O) groups excluding carboxylic acids is 1. The molecule has 1 unspecified atom stereocenters. The number of ether oxygens (including phenoxy) is 1. The van der Waals surface area contributed by atoms with Crippen molar-refractivity contribution in [3.63, 3.8) is 0 Å². The highest BCUT2D eigenvalue weighted by Crippen LogP contribution is 2.41. The van der Waals surface area contributed by atoms with Crippen molar-refractivity contribution in [3.8, 4) is 6.07 Å². The van der Waals surface area contributed by atoms with Crippen LogP contribution in [0.25, 0.3) is 21.9 Å². The molecule has 0 aliphatic heterocycles. The minimum absolute atomic E-state index is 0.0173.